The fourth-order valence-corrected chi connectivity index (χ4v) is 4.42. The molecule has 1 unspecified atom stereocenters. The number of hydrogen-bond donors (Lipinski definition) is 1. The summed E-state index contributed by atoms with van der Waals surface area (Å²) in [4.78, 5) is 29.3. The molecular weight excluding hydrogens is 404 g/mol. The van der Waals surface area contributed by atoms with Gasteiger partial charge in [-0.25, -0.2) is 0 Å². The Morgan fingerprint density at radius 2 is 1.90 bits per heavy atom. The summed E-state index contributed by atoms with van der Waals surface area (Å²) >= 11 is 1.43. The first-order chi connectivity index (χ1) is 14.4. The summed E-state index contributed by atoms with van der Waals surface area (Å²) in [6.07, 6.45) is 0.737. The molecule has 1 aliphatic rings. The second-order valence-corrected chi connectivity index (χ2v) is 8.35. The standard InChI is InChI=1S/C22H26N2O5S/c1-23(2)10-6-11-24-19(17-7-5-12-30-17)18(21(26)22(24)27)20(25)14-8-9-15(28-3)16(13-14)29-4/h5,7-9,12-13,19,25H,6,10-11H2,1-4H3. The van der Waals surface area contributed by atoms with Gasteiger partial charge in [-0.3, -0.25) is 9.59 Å². The van der Waals surface area contributed by atoms with Crippen molar-refractivity contribution in [2.45, 2.75) is 12.5 Å². The maximum absolute atomic E-state index is 13.4. The quantitative estimate of drug-likeness (QED) is 0.375. The minimum atomic E-state index is -0.731. The third kappa shape index (κ3) is 4.20. The molecule has 0 bridgehead atoms. The number of nitrogens with one attached hydrogen (secondary N) is 1. The normalized spacial score (nSPS) is 18.3. The van der Waals surface area contributed by atoms with Gasteiger partial charge >= 0.3 is 0 Å². The molecule has 1 amide bonds. The second kappa shape index (κ2) is 9.32. The predicted molar refractivity (Wildman–Crippen MR) is 113 cm³/mol. The minimum absolute atomic E-state index is 0.00753. The molecule has 3 rings (SSSR count). The molecule has 2 heterocycles. The van der Waals surface area contributed by atoms with E-state index in [-0.39, 0.29) is 11.1 Å². The van der Waals surface area contributed by atoms with Crippen LogP contribution in [-0.4, -0.2) is 58.0 Å². The number of Topliss-reactive ketones (excluding diaryl/α,β-unsaturated/α-hetero) is 1. The number of rotatable bonds is 8. The zero-order chi connectivity index (χ0) is 21.8. The first kappa shape index (κ1) is 21.9. The average Bonchev–Trinajstić information content (AvgIpc) is 3.35. The van der Waals surface area contributed by atoms with Crippen LogP contribution < -0.4 is 19.5 Å². The van der Waals surface area contributed by atoms with E-state index in [4.69, 9.17) is 9.47 Å². The maximum atomic E-state index is 13.4. The Bertz CT molecular complexity index is 952. The molecule has 1 fully saturated rings. The van der Waals surface area contributed by atoms with Crippen LogP contribution in [0, 0.1) is 0 Å². The van der Waals surface area contributed by atoms with Crippen molar-refractivity contribution in [2.75, 3.05) is 41.4 Å². The summed E-state index contributed by atoms with van der Waals surface area (Å²) in [6, 6.07) is 7.78. The number of methoxy groups -OCH3 is 2. The van der Waals surface area contributed by atoms with Crippen LogP contribution in [0.3, 0.4) is 0 Å². The molecule has 1 N–H and O–H groups in total. The lowest BCUT2D eigenvalue weighted by Gasteiger charge is -2.26. The summed E-state index contributed by atoms with van der Waals surface area (Å²) in [7, 11) is 7.05. The monoisotopic (exact) mass is 430 g/mol. The molecule has 1 atom stereocenters. The van der Waals surface area contributed by atoms with Gasteiger partial charge in [-0.1, -0.05) is 17.9 Å². The van der Waals surface area contributed by atoms with Crippen molar-refractivity contribution in [3.05, 3.63) is 51.7 Å². The lowest BCUT2D eigenvalue weighted by Crippen LogP contribution is -3.05. The number of ether oxygens (including phenoxy) is 2. The highest BCUT2D eigenvalue weighted by atomic mass is 32.1. The molecule has 30 heavy (non-hydrogen) atoms. The van der Waals surface area contributed by atoms with Crippen molar-refractivity contribution in [2.24, 2.45) is 0 Å². The van der Waals surface area contributed by atoms with Gasteiger partial charge in [0.05, 0.1) is 40.9 Å². The van der Waals surface area contributed by atoms with E-state index in [1.807, 2.05) is 31.6 Å². The van der Waals surface area contributed by atoms with E-state index >= 15 is 0 Å². The number of hydrogen-bond acceptors (Lipinski definition) is 6. The second-order valence-electron chi connectivity index (χ2n) is 7.37. The van der Waals surface area contributed by atoms with Crippen LogP contribution in [0.15, 0.2) is 41.3 Å². The molecule has 1 aromatic carbocycles. The van der Waals surface area contributed by atoms with E-state index in [1.165, 1.54) is 41.4 Å². The van der Waals surface area contributed by atoms with Gasteiger partial charge in [-0.2, -0.15) is 0 Å². The molecule has 0 saturated carbocycles. The van der Waals surface area contributed by atoms with Crippen molar-refractivity contribution < 1.29 is 29.1 Å². The summed E-state index contributed by atoms with van der Waals surface area (Å²) in [5, 5.41) is 15.2. The van der Waals surface area contributed by atoms with Gasteiger partial charge in [-0.05, 0) is 29.1 Å². The molecule has 0 aliphatic carbocycles. The van der Waals surface area contributed by atoms with Crippen molar-refractivity contribution in [1.82, 2.24) is 4.90 Å². The molecule has 8 heteroatoms. The maximum Gasteiger partial charge on any atom is 0.295 e. The summed E-state index contributed by atoms with van der Waals surface area (Å²) in [5.74, 6) is -0.945. The lowest BCUT2D eigenvalue weighted by molar-refractivity contribution is -0.858. The SMILES string of the molecule is COc1ccc(C([O-])=C2C(=O)C(=O)N(CCC[NH+](C)C)C2c2cccs2)cc1OC. The Labute approximate surface area is 180 Å². The van der Waals surface area contributed by atoms with Gasteiger partial charge in [0.25, 0.3) is 5.91 Å². The molecule has 0 spiro atoms. The third-order valence-electron chi connectivity index (χ3n) is 5.06. The number of amides is 1. The highest BCUT2D eigenvalue weighted by molar-refractivity contribution is 7.10. The zero-order valence-electron chi connectivity index (χ0n) is 17.6. The molecule has 160 valence electrons. The first-order valence-corrected chi connectivity index (χ1v) is 10.6. The Morgan fingerprint density at radius 1 is 1.17 bits per heavy atom. The van der Waals surface area contributed by atoms with Gasteiger partial charge in [0, 0.05) is 23.4 Å². The molecule has 1 saturated heterocycles. The van der Waals surface area contributed by atoms with E-state index in [0.29, 0.717) is 18.0 Å². The highest BCUT2D eigenvalue weighted by Gasteiger charge is 2.44. The summed E-state index contributed by atoms with van der Waals surface area (Å²) < 4.78 is 10.5. The van der Waals surface area contributed by atoms with E-state index in [2.05, 4.69) is 0 Å². The Balaban J connectivity index is 2.06. The van der Waals surface area contributed by atoms with Crippen LogP contribution in [0.4, 0.5) is 0 Å². The molecule has 1 aliphatic heterocycles. The van der Waals surface area contributed by atoms with Crippen LogP contribution in [0.5, 0.6) is 11.5 Å². The Hall–Kier alpha value is -2.84. The van der Waals surface area contributed by atoms with Crippen molar-refractivity contribution in [3.8, 4) is 11.5 Å². The van der Waals surface area contributed by atoms with Crippen LogP contribution >= 0.6 is 11.3 Å². The minimum Gasteiger partial charge on any atom is -0.872 e. The van der Waals surface area contributed by atoms with Crippen molar-refractivity contribution in [3.63, 3.8) is 0 Å². The van der Waals surface area contributed by atoms with Crippen molar-refractivity contribution in [1.29, 1.82) is 0 Å². The van der Waals surface area contributed by atoms with Gasteiger partial charge < -0.3 is 24.4 Å². The zero-order valence-corrected chi connectivity index (χ0v) is 18.4. The Kier molecular flexibility index (Phi) is 6.79. The molecule has 2 aromatic rings. The van der Waals surface area contributed by atoms with Gasteiger partial charge in [0.15, 0.2) is 11.5 Å². The van der Waals surface area contributed by atoms with Gasteiger partial charge in [0.2, 0.25) is 5.78 Å². The summed E-state index contributed by atoms with van der Waals surface area (Å²) in [6.45, 7) is 1.27. The Morgan fingerprint density at radius 3 is 2.50 bits per heavy atom. The van der Waals surface area contributed by atoms with Crippen LogP contribution in [0.2, 0.25) is 0 Å². The van der Waals surface area contributed by atoms with Gasteiger partial charge in [0.1, 0.15) is 0 Å². The number of carbonyl (C=O) groups is 2. The van der Waals surface area contributed by atoms with E-state index in [9.17, 15) is 14.7 Å². The number of ketones is 1. The predicted octanol–water partition coefficient (Wildman–Crippen LogP) is 0.524. The fourth-order valence-electron chi connectivity index (χ4n) is 3.58. The molecule has 0 radical (unpaired) electrons. The topological polar surface area (TPSA) is 83.3 Å². The van der Waals surface area contributed by atoms with E-state index in [1.54, 1.807) is 12.1 Å². The fraction of sp³-hybridized carbons (Fsp3) is 0.364. The molecular formula is C22H26N2O5S. The van der Waals surface area contributed by atoms with Crippen LogP contribution in [-0.2, 0) is 9.59 Å². The largest absolute Gasteiger partial charge is 0.872 e. The number of likely N-dealkylation sites (tertiary alicyclic amines) is 1. The summed E-state index contributed by atoms with van der Waals surface area (Å²) in [5.41, 5.74) is 0.275. The lowest BCUT2D eigenvalue weighted by atomic mass is 9.99. The first-order valence-electron chi connectivity index (χ1n) is 9.70. The smallest absolute Gasteiger partial charge is 0.295 e. The van der Waals surface area contributed by atoms with Crippen LogP contribution in [0.1, 0.15) is 22.9 Å². The third-order valence-corrected chi connectivity index (χ3v) is 5.99. The van der Waals surface area contributed by atoms with Gasteiger partial charge in [-0.15, -0.1) is 11.3 Å². The molecule has 1 aromatic heterocycles. The number of quaternary nitrogens is 1. The van der Waals surface area contributed by atoms with Crippen LogP contribution in [0.25, 0.3) is 5.76 Å². The van der Waals surface area contributed by atoms with Crippen molar-refractivity contribution >= 4 is 28.8 Å². The average molecular weight is 431 g/mol. The highest BCUT2D eigenvalue weighted by Crippen LogP contribution is 2.41. The van der Waals surface area contributed by atoms with E-state index in [0.717, 1.165) is 17.8 Å². The number of thiophene rings is 1. The molecule has 7 nitrogen and oxygen atoms in total. The van der Waals surface area contributed by atoms with E-state index < -0.39 is 23.5 Å². The number of benzene rings is 1. The number of nitrogens with zero attached hydrogens (tertiary/aromatic N) is 1. The number of carbonyl (C=O) groups excluding carboxylic acids is 2.